The maximum absolute atomic E-state index is 12.4. The van der Waals surface area contributed by atoms with Gasteiger partial charge in [-0.3, -0.25) is 0 Å². The maximum Gasteiger partial charge on any atom is 0.417 e. The monoisotopic (exact) mass is 222 g/mol. The van der Waals surface area contributed by atoms with Gasteiger partial charge in [0.25, 0.3) is 0 Å². The summed E-state index contributed by atoms with van der Waals surface area (Å²) in [6.45, 7) is 4.21. The Morgan fingerprint density at radius 1 is 1.20 bits per heavy atom. The van der Waals surface area contributed by atoms with Crippen molar-refractivity contribution in [2.75, 3.05) is 0 Å². The van der Waals surface area contributed by atoms with Crippen LogP contribution >= 0.6 is 0 Å². The smallest absolute Gasteiger partial charge is 0.380 e. The van der Waals surface area contributed by atoms with Crippen LogP contribution in [-0.4, -0.2) is 16.9 Å². The molecule has 15 heavy (non-hydrogen) atoms. The van der Waals surface area contributed by atoms with Crippen molar-refractivity contribution in [2.24, 2.45) is 17.3 Å². The van der Waals surface area contributed by atoms with Gasteiger partial charge < -0.3 is 5.11 Å². The van der Waals surface area contributed by atoms with Gasteiger partial charge in [0.1, 0.15) is 0 Å². The fourth-order valence-corrected chi connectivity index (χ4v) is 3.20. The Labute approximate surface area is 87.7 Å². The first kappa shape index (κ1) is 11.2. The number of halogens is 3. The van der Waals surface area contributed by atoms with E-state index in [-0.39, 0.29) is 18.3 Å². The zero-order valence-corrected chi connectivity index (χ0v) is 9.06. The lowest BCUT2D eigenvalue weighted by Crippen LogP contribution is -2.64. The van der Waals surface area contributed by atoms with Gasteiger partial charge in [0.05, 0.1) is 0 Å². The molecule has 0 heterocycles. The van der Waals surface area contributed by atoms with Gasteiger partial charge >= 0.3 is 6.18 Å². The third kappa shape index (κ3) is 1.57. The van der Waals surface area contributed by atoms with Crippen LogP contribution in [0.3, 0.4) is 0 Å². The molecular weight excluding hydrogens is 205 g/mol. The van der Waals surface area contributed by atoms with Crippen molar-refractivity contribution >= 4 is 0 Å². The van der Waals surface area contributed by atoms with Gasteiger partial charge in [-0.05, 0) is 42.9 Å². The zero-order valence-electron chi connectivity index (χ0n) is 9.06. The fourth-order valence-electron chi connectivity index (χ4n) is 3.20. The molecule has 0 aromatic rings. The topological polar surface area (TPSA) is 20.2 Å². The Bertz CT molecular complexity index is 255. The molecule has 2 aliphatic carbocycles. The van der Waals surface area contributed by atoms with Crippen molar-refractivity contribution in [3.05, 3.63) is 0 Å². The van der Waals surface area contributed by atoms with Crippen LogP contribution < -0.4 is 0 Å². The number of rotatable bonds is 1. The van der Waals surface area contributed by atoms with Gasteiger partial charge in [0.15, 0.2) is 5.60 Å². The summed E-state index contributed by atoms with van der Waals surface area (Å²) < 4.78 is 37.2. The molecule has 2 rings (SSSR count). The summed E-state index contributed by atoms with van der Waals surface area (Å²) in [5.74, 6) is 1.11. The summed E-state index contributed by atoms with van der Waals surface area (Å²) in [7, 11) is 0. The van der Waals surface area contributed by atoms with Gasteiger partial charge in [-0.1, -0.05) is 13.8 Å². The van der Waals surface area contributed by atoms with E-state index in [0.717, 1.165) is 12.8 Å². The molecule has 2 aliphatic rings. The minimum atomic E-state index is -4.44. The van der Waals surface area contributed by atoms with E-state index in [0.29, 0.717) is 11.8 Å². The van der Waals surface area contributed by atoms with E-state index in [9.17, 15) is 18.3 Å². The van der Waals surface area contributed by atoms with Gasteiger partial charge in [-0.25, -0.2) is 0 Å². The second kappa shape index (κ2) is 2.90. The van der Waals surface area contributed by atoms with Crippen LogP contribution in [0.5, 0.6) is 0 Å². The molecule has 2 saturated carbocycles. The van der Waals surface area contributed by atoms with Crippen LogP contribution in [0.25, 0.3) is 0 Å². The molecule has 0 aromatic carbocycles. The van der Waals surface area contributed by atoms with E-state index in [4.69, 9.17) is 0 Å². The first-order valence-corrected chi connectivity index (χ1v) is 5.47. The summed E-state index contributed by atoms with van der Waals surface area (Å²) in [4.78, 5) is 0. The average Bonchev–Trinajstić information content (AvgIpc) is 1.90. The molecule has 0 amide bonds. The van der Waals surface area contributed by atoms with Gasteiger partial charge in [0.2, 0.25) is 0 Å². The van der Waals surface area contributed by atoms with Crippen LogP contribution in [0.15, 0.2) is 0 Å². The molecule has 0 atom stereocenters. The van der Waals surface area contributed by atoms with Crippen molar-refractivity contribution in [1.29, 1.82) is 0 Å². The molecule has 0 aromatic heterocycles. The highest BCUT2D eigenvalue weighted by Gasteiger charge is 2.69. The van der Waals surface area contributed by atoms with Crippen molar-refractivity contribution in [3.8, 4) is 0 Å². The average molecular weight is 222 g/mol. The van der Waals surface area contributed by atoms with Crippen molar-refractivity contribution in [1.82, 2.24) is 0 Å². The minimum Gasteiger partial charge on any atom is -0.380 e. The van der Waals surface area contributed by atoms with Crippen LogP contribution in [0.2, 0.25) is 0 Å². The minimum absolute atomic E-state index is 0.0767. The standard InChI is InChI=1S/C11H17F3O/c1-7(2)8-3-9(4-8)5-10(15,6-9)11(12,13)14/h7-8,15H,3-6H2,1-2H3. The Morgan fingerprint density at radius 2 is 1.67 bits per heavy atom. The van der Waals surface area contributed by atoms with E-state index in [1.54, 1.807) is 0 Å². The molecule has 0 bridgehead atoms. The van der Waals surface area contributed by atoms with Crippen molar-refractivity contribution in [3.63, 3.8) is 0 Å². The van der Waals surface area contributed by atoms with Crippen LogP contribution in [-0.2, 0) is 0 Å². The predicted octanol–water partition coefficient (Wildman–Crippen LogP) is 3.13. The molecule has 0 saturated heterocycles. The maximum atomic E-state index is 12.4. The summed E-state index contributed by atoms with van der Waals surface area (Å²) in [6, 6.07) is 0. The van der Waals surface area contributed by atoms with Crippen molar-refractivity contribution < 1.29 is 18.3 Å². The lowest BCUT2D eigenvalue weighted by Gasteiger charge is -2.62. The second-order valence-electron chi connectivity index (χ2n) is 5.80. The van der Waals surface area contributed by atoms with E-state index < -0.39 is 11.8 Å². The Balaban J connectivity index is 1.90. The fraction of sp³-hybridized carbons (Fsp3) is 1.00. The lowest BCUT2D eigenvalue weighted by molar-refractivity contribution is -0.332. The summed E-state index contributed by atoms with van der Waals surface area (Å²) >= 11 is 0. The van der Waals surface area contributed by atoms with Crippen LogP contribution in [0.4, 0.5) is 13.2 Å². The highest BCUT2D eigenvalue weighted by atomic mass is 19.4. The highest BCUT2D eigenvalue weighted by Crippen LogP contribution is 2.67. The number of alkyl halides is 3. The van der Waals surface area contributed by atoms with E-state index >= 15 is 0 Å². The summed E-state index contributed by atoms with van der Waals surface area (Å²) in [6.07, 6.45) is -2.87. The van der Waals surface area contributed by atoms with E-state index in [1.165, 1.54) is 0 Å². The van der Waals surface area contributed by atoms with Crippen LogP contribution in [0, 0.1) is 17.3 Å². The normalized spacial score (nSPS) is 45.4. The quantitative estimate of drug-likeness (QED) is 0.722. The first-order chi connectivity index (χ1) is 6.68. The summed E-state index contributed by atoms with van der Waals surface area (Å²) in [5.41, 5.74) is -2.56. The molecule has 4 heteroatoms. The first-order valence-electron chi connectivity index (χ1n) is 5.47. The summed E-state index contributed by atoms with van der Waals surface area (Å²) in [5, 5.41) is 9.35. The van der Waals surface area contributed by atoms with Gasteiger partial charge in [0, 0.05) is 0 Å². The number of aliphatic hydroxyl groups is 1. The second-order valence-corrected chi connectivity index (χ2v) is 5.80. The Morgan fingerprint density at radius 3 is 2.00 bits per heavy atom. The third-order valence-corrected chi connectivity index (χ3v) is 4.20. The van der Waals surface area contributed by atoms with Gasteiger partial charge in [-0.15, -0.1) is 0 Å². The largest absolute Gasteiger partial charge is 0.417 e. The molecule has 0 aliphatic heterocycles. The van der Waals surface area contributed by atoms with Crippen molar-refractivity contribution in [2.45, 2.75) is 51.3 Å². The SMILES string of the molecule is CC(C)C1CC2(C1)CC(O)(C(F)(F)F)C2. The molecule has 1 N–H and O–H groups in total. The molecule has 0 unspecified atom stereocenters. The molecule has 1 spiro atoms. The molecule has 1 nitrogen and oxygen atoms in total. The van der Waals surface area contributed by atoms with E-state index in [1.807, 2.05) is 0 Å². The highest BCUT2D eigenvalue weighted by molar-refractivity contribution is 5.13. The molecular formula is C11H17F3O. The lowest BCUT2D eigenvalue weighted by atomic mass is 9.45. The predicted molar refractivity (Wildman–Crippen MR) is 50.2 cm³/mol. The molecule has 0 radical (unpaired) electrons. The Kier molecular flexibility index (Phi) is 2.18. The van der Waals surface area contributed by atoms with E-state index in [2.05, 4.69) is 13.8 Å². The molecule has 88 valence electrons. The zero-order chi connectivity index (χ0) is 11.5. The van der Waals surface area contributed by atoms with Gasteiger partial charge in [-0.2, -0.15) is 13.2 Å². The third-order valence-electron chi connectivity index (χ3n) is 4.20. The Hall–Kier alpha value is -0.250. The number of hydrogen-bond donors (Lipinski definition) is 1. The van der Waals surface area contributed by atoms with Crippen LogP contribution in [0.1, 0.15) is 39.5 Å². The number of hydrogen-bond acceptors (Lipinski definition) is 1. The molecule has 2 fully saturated rings.